The van der Waals surface area contributed by atoms with E-state index >= 15 is 0 Å². The van der Waals surface area contributed by atoms with Gasteiger partial charge in [0.2, 0.25) is 5.65 Å². The van der Waals surface area contributed by atoms with Crippen LogP contribution >= 0.6 is 0 Å². The highest BCUT2D eigenvalue weighted by Crippen LogP contribution is 2.28. The SMILES string of the molecule is Cc1nc2nonc2c(N)c1Cc1ccc(C#N)c(NC2CC2)n1. The molecule has 3 heterocycles. The van der Waals surface area contributed by atoms with Crippen molar-refractivity contribution in [2.24, 2.45) is 0 Å². The van der Waals surface area contributed by atoms with Crippen molar-refractivity contribution in [3.8, 4) is 6.07 Å². The first-order valence-electron chi connectivity index (χ1n) is 7.69. The fourth-order valence-electron chi connectivity index (χ4n) is 2.61. The second kappa shape index (κ2) is 5.45. The highest BCUT2D eigenvalue weighted by Gasteiger charge is 2.23. The molecule has 3 aromatic rings. The van der Waals surface area contributed by atoms with Crippen LogP contribution in [0.2, 0.25) is 0 Å². The first kappa shape index (κ1) is 14.4. The molecule has 0 unspecified atom stereocenters. The zero-order valence-electron chi connectivity index (χ0n) is 13.1. The van der Waals surface area contributed by atoms with Crippen molar-refractivity contribution in [3.05, 3.63) is 34.6 Å². The molecule has 1 aliphatic carbocycles. The Balaban J connectivity index is 1.71. The van der Waals surface area contributed by atoms with Gasteiger partial charge in [0, 0.05) is 29.4 Å². The van der Waals surface area contributed by atoms with Crippen molar-refractivity contribution in [3.63, 3.8) is 0 Å². The van der Waals surface area contributed by atoms with Crippen LogP contribution in [0.15, 0.2) is 16.8 Å². The quantitative estimate of drug-likeness (QED) is 0.746. The number of nitrogens with two attached hydrogens (primary N) is 1. The smallest absolute Gasteiger partial charge is 0.226 e. The summed E-state index contributed by atoms with van der Waals surface area (Å²) in [5.41, 5.74) is 10.5. The van der Waals surface area contributed by atoms with Gasteiger partial charge in [-0.25, -0.2) is 14.6 Å². The number of nitrogen functional groups attached to an aromatic ring is 1. The Morgan fingerprint density at radius 2 is 2.17 bits per heavy atom. The fourth-order valence-corrected chi connectivity index (χ4v) is 2.61. The molecule has 1 aliphatic rings. The molecule has 3 N–H and O–H groups in total. The molecule has 3 aromatic heterocycles. The minimum Gasteiger partial charge on any atom is -0.396 e. The molecular weight excluding hydrogens is 306 g/mol. The molecule has 0 aromatic carbocycles. The van der Waals surface area contributed by atoms with E-state index in [1.165, 1.54) is 0 Å². The van der Waals surface area contributed by atoms with Gasteiger partial charge in [-0.1, -0.05) is 0 Å². The Bertz CT molecular complexity index is 968. The topological polar surface area (TPSA) is 127 Å². The Hall–Kier alpha value is -3.21. The number of pyridine rings is 2. The van der Waals surface area contributed by atoms with Gasteiger partial charge in [-0.15, -0.1) is 0 Å². The van der Waals surface area contributed by atoms with Crippen molar-refractivity contribution in [1.29, 1.82) is 5.26 Å². The third-order valence-electron chi connectivity index (χ3n) is 4.11. The number of aromatic nitrogens is 4. The summed E-state index contributed by atoms with van der Waals surface area (Å²) in [6, 6.07) is 6.21. The summed E-state index contributed by atoms with van der Waals surface area (Å²) in [5, 5.41) is 20.1. The van der Waals surface area contributed by atoms with E-state index in [-0.39, 0.29) is 0 Å². The molecule has 0 bridgehead atoms. The van der Waals surface area contributed by atoms with Crippen LogP contribution in [0.4, 0.5) is 11.5 Å². The van der Waals surface area contributed by atoms with Gasteiger partial charge in [-0.05, 0) is 42.2 Å². The molecule has 8 heteroatoms. The van der Waals surface area contributed by atoms with Crippen LogP contribution in [0.25, 0.3) is 11.2 Å². The average molecular weight is 321 g/mol. The Morgan fingerprint density at radius 3 is 2.92 bits per heavy atom. The van der Waals surface area contributed by atoms with Gasteiger partial charge in [-0.3, -0.25) is 0 Å². The minimum absolute atomic E-state index is 0.401. The third kappa shape index (κ3) is 2.50. The van der Waals surface area contributed by atoms with Crippen LogP contribution in [0, 0.1) is 18.3 Å². The molecule has 0 aliphatic heterocycles. The van der Waals surface area contributed by atoms with Crippen molar-refractivity contribution in [2.75, 3.05) is 11.1 Å². The lowest BCUT2D eigenvalue weighted by atomic mass is 10.0. The Labute approximate surface area is 137 Å². The molecule has 0 saturated heterocycles. The monoisotopic (exact) mass is 321 g/mol. The van der Waals surface area contributed by atoms with Crippen molar-refractivity contribution < 1.29 is 4.63 Å². The number of nitriles is 1. The lowest BCUT2D eigenvalue weighted by Crippen LogP contribution is -2.08. The van der Waals surface area contributed by atoms with Gasteiger partial charge < -0.3 is 11.1 Å². The zero-order valence-corrected chi connectivity index (χ0v) is 13.1. The van der Waals surface area contributed by atoms with Crippen molar-refractivity contribution in [2.45, 2.75) is 32.2 Å². The van der Waals surface area contributed by atoms with Gasteiger partial charge in [-0.2, -0.15) is 5.26 Å². The molecule has 0 amide bonds. The lowest BCUT2D eigenvalue weighted by molar-refractivity contribution is 0.315. The van der Waals surface area contributed by atoms with Crippen LogP contribution in [0.3, 0.4) is 0 Å². The molecule has 1 fully saturated rings. The number of nitrogens with zero attached hydrogens (tertiary/aromatic N) is 5. The van der Waals surface area contributed by atoms with Crippen LogP contribution in [0.1, 0.15) is 35.4 Å². The first-order valence-corrected chi connectivity index (χ1v) is 7.69. The maximum atomic E-state index is 9.23. The predicted octanol–water partition coefficient (Wildman–Crippen LogP) is 1.94. The summed E-state index contributed by atoms with van der Waals surface area (Å²) in [4.78, 5) is 8.96. The maximum absolute atomic E-state index is 9.23. The van der Waals surface area contributed by atoms with E-state index in [1.807, 2.05) is 13.0 Å². The van der Waals surface area contributed by atoms with Crippen LogP contribution in [-0.2, 0) is 6.42 Å². The molecule has 1 saturated carbocycles. The van der Waals surface area contributed by atoms with E-state index in [0.717, 1.165) is 29.8 Å². The lowest BCUT2D eigenvalue weighted by Gasteiger charge is -2.11. The normalized spacial score (nSPS) is 13.8. The van der Waals surface area contributed by atoms with Crippen LogP contribution in [-0.4, -0.2) is 26.3 Å². The molecule has 8 nitrogen and oxygen atoms in total. The van der Waals surface area contributed by atoms with Crippen molar-refractivity contribution in [1.82, 2.24) is 20.3 Å². The van der Waals surface area contributed by atoms with E-state index in [0.29, 0.717) is 40.7 Å². The summed E-state index contributed by atoms with van der Waals surface area (Å²) in [5.74, 6) is 0.630. The highest BCUT2D eigenvalue weighted by atomic mass is 16.6. The highest BCUT2D eigenvalue weighted by molar-refractivity contribution is 5.85. The summed E-state index contributed by atoms with van der Waals surface area (Å²) in [6.45, 7) is 1.87. The van der Waals surface area contributed by atoms with Crippen LogP contribution in [0.5, 0.6) is 0 Å². The second-order valence-electron chi connectivity index (χ2n) is 5.93. The number of fused-ring (bicyclic) bond motifs is 1. The van der Waals surface area contributed by atoms with E-state index in [2.05, 4.69) is 31.7 Å². The third-order valence-corrected chi connectivity index (χ3v) is 4.11. The number of rotatable bonds is 4. The fraction of sp³-hybridized carbons (Fsp3) is 0.312. The summed E-state index contributed by atoms with van der Waals surface area (Å²) in [7, 11) is 0. The predicted molar refractivity (Wildman–Crippen MR) is 87.2 cm³/mol. The number of nitrogens with one attached hydrogen (secondary N) is 1. The van der Waals surface area contributed by atoms with Gasteiger partial charge in [0.05, 0.1) is 11.3 Å². The molecule has 24 heavy (non-hydrogen) atoms. The molecule has 0 radical (unpaired) electrons. The van der Waals surface area contributed by atoms with E-state index in [4.69, 9.17) is 10.4 Å². The van der Waals surface area contributed by atoms with Gasteiger partial charge in [0.25, 0.3) is 0 Å². The second-order valence-corrected chi connectivity index (χ2v) is 5.93. The largest absolute Gasteiger partial charge is 0.396 e. The van der Waals surface area contributed by atoms with Gasteiger partial charge in [0.15, 0.2) is 5.52 Å². The summed E-state index contributed by atoms with van der Waals surface area (Å²) in [6.07, 6.45) is 2.73. The van der Waals surface area contributed by atoms with Gasteiger partial charge in [0.1, 0.15) is 11.9 Å². The zero-order chi connectivity index (χ0) is 16.7. The van der Waals surface area contributed by atoms with Crippen molar-refractivity contribution >= 4 is 22.7 Å². The number of anilines is 2. The van der Waals surface area contributed by atoms with Gasteiger partial charge >= 0.3 is 0 Å². The maximum Gasteiger partial charge on any atom is 0.226 e. The number of hydrogen-bond donors (Lipinski definition) is 2. The average Bonchev–Trinajstić information content (AvgIpc) is 3.26. The molecular formula is C16H15N7O. The first-order chi connectivity index (χ1) is 11.7. The standard InChI is InChI=1S/C16H15N7O/c1-8-12(13(18)14-16(19-8)23-24-22-14)6-11-3-2-9(7-17)15(21-11)20-10-4-5-10/h2-3,10H,4-6,18H2,1H3,(H,20,21). The van der Waals surface area contributed by atoms with E-state index in [9.17, 15) is 5.26 Å². The molecule has 120 valence electrons. The molecule has 0 atom stereocenters. The summed E-state index contributed by atoms with van der Waals surface area (Å²) >= 11 is 0. The number of aryl methyl sites for hydroxylation is 1. The Kier molecular flexibility index (Phi) is 3.27. The number of hydrogen-bond acceptors (Lipinski definition) is 8. The minimum atomic E-state index is 0.401. The Morgan fingerprint density at radius 1 is 1.33 bits per heavy atom. The van der Waals surface area contributed by atoms with E-state index < -0.39 is 0 Å². The summed E-state index contributed by atoms with van der Waals surface area (Å²) < 4.78 is 4.70. The molecule has 0 spiro atoms. The van der Waals surface area contributed by atoms with Crippen LogP contribution < -0.4 is 11.1 Å². The molecule has 4 rings (SSSR count). The van der Waals surface area contributed by atoms with E-state index in [1.54, 1.807) is 6.07 Å².